The first kappa shape index (κ1) is 5.81. The zero-order chi connectivity index (χ0) is 4.99. The van der Waals surface area contributed by atoms with Crippen molar-refractivity contribution >= 4 is 17.3 Å². The fraction of sp³-hybridized carbons (Fsp3) is 0.500. The predicted octanol–water partition coefficient (Wildman–Crippen LogP) is -0.837. The second-order valence-corrected chi connectivity index (χ2v) is 1.15. The van der Waals surface area contributed by atoms with Crippen molar-refractivity contribution in [2.45, 2.75) is 0 Å². The second-order valence-electron chi connectivity index (χ2n) is 0.694. The van der Waals surface area contributed by atoms with Gasteiger partial charge in [-0.15, -0.1) is 0 Å². The van der Waals surface area contributed by atoms with Crippen LogP contribution in [0.25, 0.3) is 0 Å². The summed E-state index contributed by atoms with van der Waals surface area (Å²) in [5.41, 5.74) is 4.94. The zero-order valence-electron chi connectivity index (χ0n) is 3.18. The van der Waals surface area contributed by atoms with Gasteiger partial charge in [-0.3, -0.25) is 0 Å². The molecule has 0 aliphatic heterocycles. The van der Waals surface area contributed by atoms with Crippen LogP contribution in [0.5, 0.6) is 0 Å². The van der Waals surface area contributed by atoms with Crippen molar-refractivity contribution in [2.24, 2.45) is 11.6 Å². The molecule has 0 bridgehead atoms. The van der Waals surface area contributed by atoms with Crippen molar-refractivity contribution in [1.29, 1.82) is 0 Å². The summed E-state index contributed by atoms with van der Waals surface area (Å²) in [4.78, 5) is 4.01. The molecular formula is C2H6N2OS. The average Bonchev–Trinajstić information content (AvgIpc) is 1.65. The molecule has 0 heterocycles. The minimum Gasteiger partial charge on any atom is -0.403 e. The highest BCUT2D eigenvalue weighted by molar-refractivity contribution is 7.80. The highest BCUT2D eigenvalue weighted by Crippen LogP contribution is 1.65. The third kappa shape index (κ3) is 2.07. The molecule has 0 radical (unpaired) electrons. The van der Waals surface area contributed by atoms with E-state index in [-0.39, 0.29) is 11.6 Å². The molecule has 4 heteroatoms. The van der Waals surface area contributed by atoms with Crippen molar-refractivity contribution in [3.05, 3.63) is 0 Å². The molecule has 0 aromatic heterocycles. The topological polar surface area (TPSA) is 61.3 Å². The van der Waals surface area contributed by atoms with E-state index in [0.29, 0.717) is 0 Å². The molecule has 6 heavy (non-hydrogen) atoms. The molecule has 0 aliphatic carbocycles. The molecular weight excluding hydrogens is 100 g/mol. The highest BCUT2D eigenvalue weighted by atomic mass is 32.1. The fourth-order valence-electron chi connectivity index (χ4n) is 0.0481. The van der Waals surface area contributed by atoms with Crippen molar-refractivity contribution in [3.8, 4) is 0 Å². The Kier molecular flexibility index (Phi) is 2.92. The molecule has 0 saturated heterocycles. The molecule has 0 unspecified atom stereocenters. The standard InChI is InChI=1S/C2H6N2OS/c3-1-2(6)5-4/h1,3-4H2. The Morgan fingerprint density at radius 3 is 2.33 bits per heavy atom. The molecule has 0 fully saturated rings. The van der Waals surface area contributed by atoms with Gasteiger partial charge >= 0.3 is 0 Å². The molecule has 0 saturated carbocycles. The minimum absolute atomic E-state index is 0.214. The van der Waals surface area contributed by atoms with Gasteiger partial charge < -0.3 is 10.6 Å². The van der Waals surface area contributed by atoms with Crippen LogP contribution >= 0.6 is 12.2 Å². The summed E-state index contributed by atoms with van der Waals surface area (Å²) >= 11 is 4.38. The second kappa shape index (κ2) is 3.02. The Hall–Kier alpha value is -0.190. The smallest absolute Gasteiger partial charge is 0.200 e. The van der Waals surface area contributed by atoms with E-state index in [4.69, 9.17) is 5.73 Å². The van der Waals surface area contributed by atoms with E-state index in [1.807, 2.05) is 0 Å². The third-order valence-electron chi connectivity index (χ3n) is 0.298. The number of hydrogen-bond donors (Lipinski definition) is 2. The maximum absolute atomic E-state index is 4.94. The van der Waals surface area contributed by atoms with E-state index < -0.39 is 0 Å². The normalized spacial score (nSPS) is 7.67. The van der Waals surface area contributed by atoms with Gasteiger partial charge in [0.05, 0.1) is 6.54 Å². The van der Waals surface area contributed by atoms with E-state index in [9.17, 15) is 0 Å². The summed E-state index contributed by atoms with van der Waals surface area (Å²) in [6, 6.07) is 0. The van der Waals surface area contributed by atoms with Gasteiger partial charge in [-0.1, -0.05) is 0 Å². The van der Waals surface area contributed by atoms with Crippen LogP contribution in [-0.2, 0) is 4.84 Å². The van der Waals surface area contributed by atoms with Crippen LogP contribution in [0.4, 0.5) is 0 Å². The SMILES string of the molecule is NCC(=S)ON. The largest absolute Gasteiger partial charge is 0.403 e. The quantitative estimate of drug-likeness (QED) is 0.338. The van der Waals surface area contributed by atoms with Crippen LogP contribution in [0.3, 0.4) is 0 Å². The van der Waals surface area contributed by atoms with Crippen LogP contribution in [0, 0.1) is 0 Å². The zero-order valence-corrected chi connectivity index (χ0v) is 3.99. The lowest BCUT2D eigenvalue weighted by atomic mass is 10.7. The Bertz CT molecular complexity index is 49.5. The van der Waals surface area contributed by atoms with Crippen molar-refractivity contribution in [1.82, 2.24) is 0 Å². The first-order valence-electron chi connectivity index (χ1n) is 1.41. The van der Waals surface area contributed by atoms with Gasteiger partial charge in [0.2, 0.25) is 0 Å². The van der Waals surface area contributed by atoms with Gasteiger partial charge in [-0.25, -0.2) is 0 Å². The van der Waals surface area contributed by atoms with Crippen LogP contribution < -0.4 is 11.6 Å². The molecule has 36 valence electrons. The summed E-state index contributed by atoms with van der Waals surface area (Å²) in [6.07, 6.45) is 0. The van der Waals surface area contributed by atoms with E-state index in [0.717, 1.165) is 0 Å². The van der Waals surface area contributed by atoms with E-state index in [1.54, 1.807) is 0 Å². The Morgan fingerprint density at radius 2 is 2.33 bits per heavy atom. The molecule has 0 amide bonds. The first-order valence-corrected chi connectivity index (χ1v) is 1.81. The Labute approximate surface area is 41.2 Å². The average molecular weight is 106 g/mol. The van der Waals surface area contributed by atoms with Crippen LogP contribution in [0.1, 0.15) is 0 Å². The first-order chi connectivity index (χ1) is 2.81. The van der Waals surface area contributed by atoms with Gasteiger partial charge in [0, 0.05) is 0 Å². The summed E-state index contributed by atoms with van der Waals surface area (Å²) in [7, 11) is 0. The van der Waals surface area contributed by atoms with Crippen LogP contribution in [0.15, 0.2) is 0 Å². The van der Waals surface area contributed by atoms with Gasteiger partial charge in [-0.2, -0.15) is 5.90 Å². The summed E-state index contributed by atoms with van der Waals surface area (Å²) < 4.78 is 0. The third-order valence-corrected chi connectivity index (χ3v) is 0.561. The van der Waals surface area contributed by atoms with Crippen molar-refractivity contribution in [2.75, 3.05) is 6.54 Å². The van der Waals surface area contributed by atoms with E-state index in [2.05, 4.69) is 23.0 Å². The number of nitrogens with two attached hydrogens (primary N) is 2. The molecule has 0 rings (SSSR count). The van der Waals surface area contributed by atoms with Gasteiger partial charge in [0.1, 0.15) is 0 Å². The molecule has 4 N–H and O–H groups in total. The Balaban J connectivity index is 2.99. The lowest BCUT2D eigenvalue weighted by Gasteiger charge is -1.90. The van der Waals surface area contributed by atoms with Gasteiger partial charge in [-0.05, 0) is 12.2 Å². The predicted molar refractivity (Wildman–Crippen MR) is 26.9 cm³/mol. The van der Waals surface area contributed by atoms with Crippen LogP contribution in [0.2, 0.25) is 0 Å². The molecule has 0 atom stereocenters. The molecule has 0 aromatic carbocycles. The maximum atomic E-state index is 4.94. The fourth-order valence-corrected chi connectivity index (χ4v) is 0.0481. The van der Waals surface area contributed by atoms with Crippen LogP contribution in [-0.4, -0.2) is 11.6 Å². The van der Waals surface area contributed by atoms with Crippen molar-refractivity contribution in [3.63, 3.8) is 0 Å². The molecule has 3 nitrogen and oxygen atoms in total. The maximum Gasteiger partial charge on any atom is 0.200 e. The summed E-state index contributed by atoms with van der Waals surface area (Å²) in [5.74, 6) is 4.56. The summed E-state index contributed by atoms with van der Waals surface area (Å²) in [5, 5.41) is 0.231. The van der Waals surface area contributed by atoms with Gasteiger partial charge in [0.15, 0.2) is 5.05 Å². The highest BCUT2D eigenvalue weighted by Gasteiger charge is 1.82. The summed E-state index contributed by atoms with van der Waals surface area (Å²) in [6.45, 7) is 0.214. The number of rotatable bonds is 1. The van der Waals surface area contributed by atoms with Crippen molar-refractivity contribution < 1.29 is 4.84 Å². The Morgan fingerprint density at radius 1 is 1.83 bits per heavy atom. The molecule has 0 spiro atoms. The van der Waals surface area contributed by atoms with Gasteiger partial charge in [0.25, 0.3) is 0 Å². The van der Waals surface area contributed by atoms with E-state index >= 15 is 0 Å². The molecule has 0 aliphatic rings. The molecule has 0 aromatic rings. The van der Waals surface area contributed by atoms with E-state index in [1.165, 1.54) is 0 Å². The lowest BCUT2D eigenvalue weighted by Crippen LogP contribution is -2.17. The minimum atomic E-state index is 0.214. The number of thiocarbonyl (C=S) groups is 1. The monoisotopic (exact) mass is 106 g/mol. The lowest BCUT2D eigenvalue weighted by molar-refractivity contribution is 0.325. The number of hydrogen-bond acceptors (Lipinski definition) is 4.